The van der Waals surface area contributed by atoms with Crippen LogP contribution >= 0.6 is 0 Å². The fourth-order valence-corrected chi connectivity index (χ4v) is 2.68. The maximum atomic E-state index is 11.8. The Kier molecular flexibility index (Phi) is 4.17. The van der Waals surface area contributed by atoms with Gasteiger partial charge in [-0.15, -0.1) is 0 Å². The van der Waals surface area contributed by atoms with E-state index in [2.05, 4.69) is 0 Å². The van der Waals surface area contributed by atoms with Gasteiger partial charge in [0.1, 0.15) is 6.04 Å². The van der Waals surface area contributed by atoms with Crippen molar-refractivity contribution in [2.75, 3.05) is 6.54 Å². The van der Waals surface area contributed by atoms with Crippen molar-refractivity contribution in [3.8, 4) is 0 Å². The number of hydrogen-bond acceptors (Lipinski definition) is 3. The number of carbonyl (C=O) groups excluding carboxylic acids is 2. The molecule has 1 aromatic rings. The standard InChI is InChI=1S/C15H17NO4/c1-10(17)14(18)16-9-12(8-13(16)15(19)20)7-11-5-3-2-4-6-11/h2-6,12-13H,7-9H2,1H3,(H,19,20)/t12-,13-/m0/s1. The number of rotatable bonds is 4. The summed E-state index contributed by atoms with van der Waals surface area (Å²) in [6.45, 7) is 1.50. The van der Waals surface area contributed by atoms with Gasteiger partial charge in [0.2, 0.25) is 5.78 Å². The van der Waals surface area contributed by atoms with Crippen molar-refractivity contribution in [2.24, 2.45) is 5.92 Å². The lowest BCUT2D eigenvalue weighted by Gasteiger charge is -2.19. The third kappa shape index (κ3) is 3.04. The smallest absolute Gasteiger partial charge is 0.326 e. The van der Waals surface area contributed by atoms with Crippen LogP contribution < -0.4 is 0 Å². The number of carboxylic acid groups (broad SMARTS) is 1. The average Bonchev–Trinajstić information content (AvgIpc) is 2.83. The molecule has 1 N–H and O–H groups in total. The van der Waals surface area contributed by atoms with E-state index < -0.39 is 23.7 Å². The normalized spacial score (nSPS) is 21.8. The Balaban J connectivity index is 2.10. The molecule has 1 aliphatic heterocycles. The Labute approximate surface area is 117 Å². The Bertz CT molecular complexity index is 526. The summed E-state index contributed by atoms with van der Waals surface area (Å²) in [4.78, 5) is 35.4. The zero-order chi connectivity index (χ0) is 14.7. The zero-order valence-corrected chi connectivity index (χ0v) is 11.3. The first kappa shape index (κ1) is 14.2. The van der Waals surface area contributed by atoms with Crippen molar-refractivity contribution in [1.82, 2.24) is 4.90 Å². The third-order valence-electron chi connectivity index (χ3n) is 3.60. The number of ketones is 1. The molecule has 0 aliphatic carbocycles. The highest BCUT2D eigenvalue weighted by Gasteiger charge is 2.40. The Hall–Kier alpha value is -2.17. The van der Waals surface area contributed by atoms with Crippen molar-refractivity contribution in [3.63, 3.8) is 0 Å². The minimum atomic E-state index is -1.05. The molecule has 1 fully saturated rings. The van der Waals surface area contributed by atoms with Crippen LogP contribution in [0.4, 0.5) is 0 Å². The first-order valence-corrected chi connectivity index (χ1v) is 6.57. The first-order chi connectivity index (χ1) is 9.49. The maximum absolute atomic E-state index is 11.8. The van der Waals surface area contributed by atoms with E-state index >= 15 is 0 Å². The molecule has 1 heterocycles. The van der Waals surface area contributed by atoms with Gasteiger partial charge in [-0.1, -0.05) is 30.3 Å². The van der Waals surface area contributed by atoms with Gasteiger partial charge in [-0.2, -0.15) is 0 Å². The fraction of sp³-hybridized carbons (Fsp3) is 0.400. The first-order valence-electron chi connectivity index (χ1n) is 6.57. The summed E-state index contributed by atoms with van der Waals surface area (Å²) in [6.07, 6.45) is 1.11. The van der Waals surface area contributed by atoms with E-state index in [1.54, 1.807) is 0 Å². The summed E-state index contributed by atoms with van der Waals surface area (Å²) in [5.74, 6) is -2.29. The number of likely N-dealkylation sites (tertiary alicyclic amines) is 1. The van der Waals surface area contributed by atoms with E-state index in [0.29, 0.717) is 19.4 Å². The molecule has 5 nitrogen and oxygen atoms in total. The van der Waals surface area contributed by atoms with Crippen LogP contribution in [0.5, 0.6) is 0 Å². The lowest BCUT2D eigenvalue weighted by molar-refractivity contribution is -0.151. The van der Waals surface area contributed by atoms with Crippen molar-refractivity contribution >= 4 is 17.7 Å². The molecule has 0 saturated carbocycles. The molecule has 1 saturated heterocycles. The number of amides is 1. The number of benzene rings is 1. The lowest BCUT2D eigenvalue weighted by Crippen LogP contribution is -2.43. The summed E-state index contributed by atoms with van der Waals surface area (Å²) in [6, 6.07) is 8.84. The van der Waals surface area contributed by atoms with Crippen molar-refractivity contribution in [3.05, 3.63) is 35.9 Å². The highest BCUT2D eigenvalue weighted by molar-refractivity contribution is 6.35. The second-order valence-corrected chi connectivity index (χ2v) is 5.16. The molecule has 0 spiro atoms. The summed E-state index contributed by atoms with van der Waals surface area (Å²) >= 11 is 0. The van der Waals surface area contributed by atoms with Gasteiger partial charge in [0.15, 0.2) is 0 Å². The quantitative estimate of drug-likeness (QED) is 0.836. The van der Waals surface area contributed by atoms with Crippen LogP contribution in [0.3, 0.4) is 0 Å². The van der Waals surface area contributed by atoms with Crippen LogP contribution in [0.25, 0.3) is 0 Å². The second-order valence-electron chi connectivity index (χ2n) is 5.16. The minimum absolute atomic E-state index is 0.0711. The Morgan fingerprint density at radius 2 is 1.90 bits per heavy atom. The van der Waals surface area contributed by atoms with Crippen molar-refractivity contribution in [2.45, 2.75) is 25.8 Å². The van der Waals surface area contributed by atoms with E-state index in [0.717, 1.165) is 5.56 Å². The van der Waals surface area contributed by atoms with Crippen LogP contribution in [-0.2, 0) is 20.8 Å². The molecule has 1 aliphatic rings. The second kappa shape index (κ2) is 5.86. The van der Waals surface area contributed by atoms with E-state index in [4.69, 9.17) is 0 Å². The van der Waals surface area contributed by atoms with Crippen LogP contribution in [0.1, 0.15) is 18.9 Å². The summed E-state index contributed by atoms with van der Waals surface area (Å²) in [5.41, 5.74) is 1.11. The van der Waals surface area contributed by atoms with E-state index in [1.807, 2.05) is 30.3 Å². The molecule has 2 rings (SSSR count). The number of nitrogens with zero attached hydrogens (tertiary/aromatic N) is 1. The van der Waals surface area contributed by atoms with Gasteiger partial charge < -0.3 is 10.0 Å². The number of carbonyl (C=O) groups is 3. The number of Topliss-reactive ketones (excluding diaryl/α,β-unsaturated/α-hetero) is 1. The van der Waals surface area contributed by atoms with Gasteiger partial charge in [-0.3, -0.25) is 9.59 Å². The largest absolute Gasteiger partial charge is 0.480 e. The zero-order valence-electron chi connectivity index (χ0n) is 11.3. The highest BCUT2D eigenvalue weighted by atomic mass is 16.4. The molecule has 1 aromatic carbocycles. The molecule has 0 aromatic heterocycles. The third-order valence-corrected chi connectivity index (χ3v) is 3.60. The monoisotopic (exact) mass is 275 g/mol. The molecular formula is C15H17NO4. The van der Waals surface area contributed by atoms with Gasteiger partial charge >= 0.3 is 5.97 Å². The molecular weight excluding hydrogens is 258 g/mol. The lowest BCUT2D eigenvalue weighted by atomic mass is 9.97. The molecule has 5 heteroatoms. The molecule has 0 radical (unpaired) electrons. The van der Waals surface area contributed by atoms with Gasteiger partial charge in [0, 0.05) is 13.5 Å². The van der Waals surface area contributed by atoms with E-state index in [9.17, 15) is 19.5 Å². The minimum Gasteiger partial charge on any atom is -0.480 e. The topological polar surface area (TPSA) is 74.7 Å². The van der Waals surface area contributed by atoms with Crippen LogP contribution in [0, 0.1) is 5.92 Å². The SMILES string of the molecule is CC(=O)C(=O)N1C[C@@H](Cc2ccccc2)C[C@H]1C(=O)O. The highest BCUT2D eigenvalue weighted by Crippen LogP contribution is 2.26. The molecule has 106 valence electrons. The molecule has 0 bridgehead atoms. The van der Waals surface area contributed by atoms with Crippen LogP contribution in [0.2, 0.25) is 0 Å². The molecule has 20 heavy (non-hydrogen) atoms. The van der Waals surface area contributed by atoms with Crippen LogP contribution in [0.15, 0.2) is 30.3 Å². The summed E-state index contributed by atoms with van der Waals surface area (Å²) in [5, 5.41) is 9.19. The number of hydrogen-bond donors (Lipinski definition) is 1. The summed E-state index contributed by atoms with van der Waals surface area (Å²) in [7, 11) is 0. The predicted octanol–water partition coefficient (Wildman–Crippen LogP) is 1.12. The molecule has 0 unspecified atom stereocenters. The number of carboxylic acids is 1. The van der Waals surface area contributed by atoms with Crippen molar-refractivity contribution in [1.29, 1.82) is 0 Å². The predicted molar refractivity (Wildman–Crippen MR) is 72.1 cm³/mol. The van der Waals surface area contributed by atoms with E-state index in [1.165, 1.54) is 11.8 Å². The van der Waals surface area contributed by atoms with Gasteiger partial charge in [-0.05, 0) is 24.3 Å². The van der Waals surface area contributed by atoms with Gasteiger partial charge in [0.05, 0.1) is 0 Å². The average molecular weight is 275 g/mol. The maximum Gasteiger partial charge on any atom is 0.326 e. The molecule has 1 amide bonds. The van der Waals surface area contributed by atoms with E-state index in [-0.39, 0.29) is 5.92 Å². The Morgan fingerprint density at radius 1 is 1.25 bits per heavy atom. The summed E-state index contributed by atoms with van der Waals surface area (Å²) < 4.78 is 0. The molecule has 2 atom stereocenters. The van der Waals surface area contributed by atoms with Gasteiger partial charge in [0.25, 0.3) is 5.91 Å². The van der Waals surface area contributed by atoms with Gasteiger partial charge in [-0.25, -0.2) is 4.79 Å². The fourth-order valence-electron chi connectivity index (χ4n) is 2.68. The van der Waals surface area contributed by atoms with Crippen LogP contribution in [-0.4, -0.2) is 40.3 Å². The Morgan fingerprint density at radius 3 is 2.45 bits per heavy atom. The van der Waals surface area contributed by atoms with Crippen molar-refractivity contribution < 1.29 is 19.5 Å². The number of aliphatic carboxylic acids is 1.